The van der Waals surface area contributed by atoms with E-state index in [1.54, 1.807) is 0 Å². The van der Waals surface area contributed by atoms with Crippen molar-refractivity contribution in [3.05, 3.63) is 101 Å². The summed E-state index contributed by atoms with van der Waals surface area (Å²) in [5, 5.41) is 0. The highest BCUT2D eigenvalue weighted by atomic mass is 16.1. The van der Waals surface area contributed by atoms with Gasteiger partial charge in [0.25, 0.3) is 0 Å². The average Bonchev–Trinajstić information content (AvgIpc) is 2.95. The van der Waals surface area contributed by atoms with Crippen molar-refractivity contribution < 1.29 is 9.36 Å². The van der Waals surface area contributed by atoms with Gasteiger partial charge in [-0.05, 0) is 17.5 Å². The lowest BCUT2D eigenvalue weighted by molar-refractivity contribution is -0.694. The first-order chi connectivity index (χ1) is 11.7. The molecule has 2 nitrogen and oxygen atoms in total. The van der Waals surface area contributed by atoms with Crippen LogP contribution in [0.4, 0.5) is 0 Å². The second kappa shape index (κ2) is 6.04. The van der Waals surface area contributed by atoms with Gasteiger partial charge in [0.1, 0.15) is 0 Å². The van der Waals surface area contributed by atoms with Gasteiger partial charge in [-0.2, -0.15) is 4.57 Å². The fraction of sp³-hybridized carbons (Fsp3) is 0.182. The highest BCUT2D eigenvalue weighted by molar-refractivity contribution is 6.05. The maximum absolute atomic E-state index is 12.7. The molecule has 0 N–H and O–H groups in total. The standard InChI is InChI=1S/C22H20NO/c1-16-13-19(11-12-23(16)15-17-7-3-2-4-8-17)21-14-18-9-5-6-10-20(18)22(21)24/h2-13,21H,14-15H2,1H3/q+1. The highest BCUT2D eigenvalue weighted by Gasteiger charge is 2.32. The SMILES string of the molecule is Cc1cc(C2Cc3ccccc3C2=O)cc[n+]1Cc1ccccc1. The Morgan fingerprint density at radius 1 is 1.00 bits per heavy atom. The van der Waals surface area contributed by atoms with Gasteiger partial charge in [-0.3, -0.25) is 4.79 Å². The third-order valence-corrected chi connectivity index (χ3v) is 4.90. The van der Waals surface area contributed by atoms with Gasteiger partial charge in [0.15, 0.2) is 24.2 Å². The lowest BCUT2D eigenvalue weighted by atomic mass is 9.95. The fourth-order valence-electron chi connectivity index (χ4n) is 3.55. The minimum atomic E-state index is -0.0347. The predicted molar refractivity (Wildman–Crippen MR) is 94.1 cm³/mol. The molecule has 118 valence electrons. The summed E-state index contributed by atoms with van der Waals surface area (Å²) in [4.78, 5) is 12.7. The first-order valence-electron chi connectivity index (χ1n) is 8.38. The quantitative estimate of drug-likeness (QED) is 0.673. The van der Waals surface area contributed by atoms with Crippen LogP contribution in [0, 0.1) is 6.92 Å². The van der Waals surface area contributed by atoms with E-state index in [1.165, 1.54) is 16.8 Å². The van der Waals surface area contributed by atoms with E-state index in [4.69, 9.17) is 0 Å². The van der Waals surface area contributed by atoms with Gasteiger partial charge in [0, 0.05) is 30.2 Å². The van der Waals surface area contributed by atoms with Crippen LogP contribution in [0.15, 0.2) is 72.9 Å². The molecular weight excluding hydrogens is 294 g/mol. The van der Waals surface area contributed by atoms with Crippen LogP contribution in [0.25, 0.3) is 0 Å². The Morgan fingerprint density at radius 3 is 2.50 bits per heavy atom. The van der Waals surface area contributed by atoms with Crippen LogP contribution in [-0.4, -0.2) is 5.78 Å². The lowest BCUT2D eigenvalue weighted by Crippen LogP contribution is -2.37. The van der Waals surface area contributed by atoms with Crippen LogP contribution in [0.3, 0.4) is 0 Å². The van der Waals surface area contributed by atoms with Crippen molar-refractivity contribution in [2.24, 2.45) is 0 Å². The molecule has 1 unspecified atom stereocenters. The number of pyridine rings is 1. The molecule has 24 heavy (non-hydrogen) atoms. The van der Waals surface area contributed by atoms with Crippen LogP contribution in [0.2, 0.25) is 0 Å². The topological polar surface area (TPSA) is 20.9 Å². The summed E-state index contributed by atoms with van der Waals surface area (Å²) in [6, 6.07) is 22.7. The van der Waals surface area contributed by atoms with Gasteiger partial charge < -0.3 is 0 Å². The van der Waals surface area contributed by atoms with E-state index in [1.807, 2.05) is 24.3 Å². The van der Waals surface area contributed by atoms with Crippen molar-refractivity contribution in [2.45, 2.75) is 25.8 Å². The number of fused-ring (bicyclic) bond motifs is 1. The van der Waals surface area contributed by atoms with E-state index in [9.17, 15) is 4.79 Å². The molecule has 3 aromatic rings. The minimum absolute atomic E-state index is 0.0347. The first kappa shape index (κ1) is 14.8. The number of carbonyl (C=O) groups is 1. The van der Waals surface area contributed by atoms with Crippen LogP contribution < -0.4 is 4.57 Å². The molecular formula is C22H20NO+. The number of carbonyl (C=O) groups excluding carboxylic acids is 1. The molecule has 2 heteroatoms. The number of nitrogens with zero attached hydrogens (tertiary/aromatic N) is 1. The number of ketones is 1. The van der Waals surface area contributed by atoms with Gasteiger partial charge in [0.05, 0.1) is 5.92 Å². The Labute approximate surface area is 142 Å². The van der Waals surface area contributed by atoms with Gasteiger partial charge in [-0.1, -0.05) is 54.6 Å². The average molecular weight is 314 g/mol. The van der Waals surface area contributed by atoms with Crippen molar-refractivity contribution in [3.63, 3.8) is 0 Å². The first-order valence-corrected chi connectivity index (χ1v) is 8.38. The molecule has 2 aromatic carbocycles. The minimum Gasteiger partial charge on any atom is -0.293 e. The van der Waals surface area contributed by atoms with Gasteiger partial charge >= 0.3 is 0 Å². The van der Waals surface area contributed by atoms with Crippen molar-refractivity contribution >= 4 is 5.78 Å². The number of Topliss-reactive ketones (excluding diaryl/α,β-unsaturated/α-hetero) is 1. The summed E-state index contributed by atoms with van der Waals surface area (Å²) in [5.74, 6) is 0.221. The van der Waals surface area contributed by atoms with Crippen LogP contribution in [0.1, 0.15) is 38.7 Å². The van der Waals surface area contributed by atoms with E-state index in [2.05, 4.69) is 60.2 Å². The zero-order chi connectivity index (χ0) is 16.5. The number of aromatic nitrogens is 1. The van der Waals surface area contributed by atoms with Gasteiger partial charge in [0.2, 0.25) is 0 Å². The third-order valence-electron chi connectivity index (χ3n) is 4.90. The number of benzene rings is 2. The van der Waals surface area contributed by atoms with E-state index in [0.29, 0.717) is 0 Å². The summed E-state index contributed by atoms with van der Waals surface area (Å²) in [6.07, 6.45) is 2.92. The lowest BCUT2D eigenvalue weighted by Gasteiger charge is -2.09. The Balaban J connectivity index is 1.60. The highest BCUT2D eigenvalue weighted by Crippen LogP contribution is 2.33. The summed E-state index contributed by atoms with van der Waals surface area (Å²) in [6.45, 7) is 2.96. The van der Waals surface area contributed by atoms with Crippen molar-refractivity contribution in [1.29, 1.82) is 0 Å². The van der Waals surface area contributed by atoms with Crippen LogP contribution in [-0.2, 0) is 13.0 Å². The molecule has 0 bridgehead atoms. The van der Waals surface area contributed by atoms with E-state index < -0.39 is 0 Å². The summed E-state index contributed by atoms with van der Waals surface area (Å²) in [7, 11) is 0. The molecule has 0 saturated carbocycles. The third kappa shape index (κ3) is 2.65. The Bertz CT molecular complexity index is 899. The van der Waals surface area contributed by atoms with E-state index in [0.717, 1.165) is 24.1 Å². The van der Waals surface area contributed by atoms with Crippen molar-refractivity contribution in [2.75, 3.05) is 0 Å². The maximum Gasteiger partial charge on any atom is 0.178 e. The second-order valence-corrected chi connectivity index (χ2v) is 6.49. The number of hydrogen-bond donors (Lipinski definition) is 0. The largest absolute Gasteiger partial charge is 0.293 e. The molecule has 1 heterocycles. The number of hydrogen-bond acceptors (Lipinski definition) is 1. The van der Waals surface area contributed by atoms with E-state index >= 15 is 0 Å². The number of aryl methyl sites for hydroxylation is 1. The molecule has 1 aliphatic rings. The zero-order valence-corrected chi connectivity index (χ0v) is 13.8. The Kier molecular flexibility index (Phi) is 3.73. The summed E-state index contributed by atoms with van der Waals surface area (Å²) in [5.41, 5.74) is 5.65. The molecule has 0 spiro atoms. The predicted octanol–water partition coefficient (Wildman–Crippen LogP) is 3.85. The molecule has 0 fully saturated rings. The van der Waals surface area contributed by atoms with Gasteiger partial charge in [-0.25, -0.2) is 0 Å². The maximum atomic E-state index is 12.7. The molecule has 4 rings (SSSR count). The summed E-state index contributed by atoms with van der Waals surface area (Å²) < 4.78 is 2.23. The molecule has 0 saturated heterocycles. The fourth-order valence-corrected chi connectivity index (χ4v) is 3.55. The molecule has 1 aliphatic carbocycles. The molecule has 0 amide bonds. The second-order valence-electron chi connectivity index (χ2n) is 6.49. The molecule has 0 radical (unpaired) electrons. The monoisotopic (exact) mass is 314 g/mol. The molecule has 1 atom stereocenters. The van der Waals surface area contributed by atoms with Crippen LogP contribution in [0.5, 0.6) is 0 Å². The van der Waals surface area contributed by atoms with Crippen molar-refractivity contribution in [3.8, 4) is 0 Å². The normalized spacial score (nSPS) is 16.2. The summed E-state index contributed by atoms with van der Waals surface area (Å²) >= 11 is 0. The zero-order valence-electron chi connectivity index (χ0n) is 13.8. The molecule has 0 aliphatic heterocycles. The smallest absolute Gasteiger partial charge is 0.178 e. The Morgan fingerprint density at radius 2 is 1.75 bits per heavy atom. The van der Waals surface area contributed by atoms with Crippen molar-refractivity contribution in [1.82, 2.24) is 0 Å². The van der Waals surface area contributed by atoms with Crippen LogP contribution >= 0.6 is 0 Å². The van der Waals surface area contributed by atoms with Gasteiger partial charge in [-0.15, -0.1) is 0 Å². The number of rotatable bonds is 3. The molecule has 1 aromatic heterocycles. The Hall–Kier alpha value is -2.74. The van der Waals surface area contributed by atoms with E-state index in [-0.39, 0.29) is 11.7 Å².